The Balaban J connectivity index is 1.10. The lowest BCUT2D eigenvalue weighted by atomic mass is 10.1. The standard InChI is InChI=1S/C47H59N4O16PS4/c1-27-14-38-44(71(57,58)59)48-36-21-42(40(63-5)19-34(36)46(53)50(38)23-27)66-25-31-16-32(18-33(17-31)65-10-7-13-69-70-30(4)9-12-68(55,56)11-8-29(3)52)26-67-43-22-37-35(20-41(43)64-6)47(54)51-24-28(2)15-39(51)45(49-37)72(60,61)62/h16-22,30,38-39,44-45,48-49H,1-2,7-15,23-26H2,3-6H3,(H,55,56)(H,57,58,59)(H,60,61,62)/t30?,38-,39-,44?,45?/m0/s1. The van der Waals surface area contributed by atoms with Crippen molar-refractivity contribution in [3.05, 3.63) is 89.0 Å². The second-order valence-corrected chi connectivity index (χ2v) is 26.8. The van der Waals surface area contributed by atoms with Crippen molar-refractivity contribution in [1.82, 2.24) is 9.80 Å². The highest BCUT2D eigenvalue weighted by molar-refractivity contribution is 8.76. The number of fused-ring (bicyclic) bond motifs is 4. The third-order valence-electron chi connectivity index (χ3n) is 12.5. The Bertz CT molecular complexity index is 2740. The molecule has 0 radical (unpaired) electrons. The molecule has 0 saturated carbocycles. The molecule has 20 nitrogen and oxygen atoms in total. The van der Waals surface area contributed by atoms with Gasteiger partial charge in [0.2, 0.25) is 7.37 Å². The number of nitrogens with zero attached hydrogens (tertiary/aromatic N) is 2. The van der Waals surface area contributed by atoms with Crippen LogP contribution in [0.4, 0.5) is 11.4 Å². The largest absolute Gasteiger partial charge is 0.494 e. The van der Waals surface area contributed by atoms with Crippen LogP contribution >= 0.6 is 29.0 Å². The first-order valence-electron chi connectivity index (χ1n) is 22.9. The van der Waals surface area contributed by atoms with E-state index >= 15 is 0 Å². The van der Waals surface area contributed by atoms with Crippen LogP contribution in [0.1, 0.15) is 77.8 Å². The van der Waals surface area contributed by atoms with E-state index in [-0.39, 0.29) is 114 Å². The zero-order valence-electron chi connectivity index (χ0n) is 40.2. The van der Waals surface area contributed by atoms with Gasteiger partial charge >= 0.3 is 0 Å². The van der Waals surface area contributed by atoms with Crippen LogP contribution in [0, 0.1) is 0 Å². The monoisotopic (exact) mass is 1090 g/mol. The molecule has 25 heteroatoms. The van der Waals surface area contributed by atoms with Crippen LogP contribution in [-0.4, -0.2) is 138 Å². The van der Waals surface area contributed by atoms with Crippen LogP contribution in [0.5, 0.6) is 28.7 Å². The van der Waals surface area contributed by atoms with Gasteiger partial charge in [-0.2, -0.15) is 16.8 Å². The quantitative estimate of drug-likeness (QED) is 0.0213. The minimum absolute atomic E-state index is 0.0115. The van der Waals surface area contributed by atoms with Crippen LogP contribution < -0.4 is 34.3 Å². The number of nitrogens with one attached hydrogen (secondary N) is 2. The number of rotatable bonds is 23. The second-order valence-electron chi connectivity index (χ2n) is 18.2. The van der Waals surface area contributed by atoms with Gasteiger partial charge in [-0.3, -0.25) is 23.3 Å². The molecule has 4 aliphatic rings. The van der Waals surface area contributed by atoms with Crippen LogP contribution in [0.15, 0.2) is 66.8 Å². The van der Waals surface area contributed by atoms with Gasteiger partial charge < -0.3 is 53.8 Å². The summed E-state index contributed by atoms with van der Waals surface area (Å²) in [5.41, 5.74) is 2.87. The lowest BCUT2D eigenvalue weighted by Gasteiger charge is -2.26. The third-order valence-corrected chi connectivity index (χ3v) is 19.6. The predicted octanol–water partition coefficient (Wildman–Crippen LogP) is 6.86. The summed E-state index contributed by atoms with van der Waals surface area (Å²) in [6.07, 6.45) is 1.71. The molecule has 2 fully saturated rings. The molecule has 7 rings (SSSR count). The second kappa shape index (κ2) is 22.7. The number of anilines is 2. The molecule has 0 bridgehead atoms. The van der Waals surface area contributed by atoms with Crippen LogP contribution in [-0.2, 0) is 42.8 Å². The highest BCUT2D eigenvalue weighted by Gasteiger charge is 2.47. The Kier molecular flexibility index (Phi) is 17.3. The molecule has 2 amide bonds. The normalized spacial score (nSPS) is 20.9. The fraction of sp³-hybridized carbons (Fsp3) is 0.468. The Hall–Kier alpha value is -4.94. The van der Waals surface area contributed by atoms with Crippen LogP contribution in [0.2, 0.25) is 0 Å². The Morgan fingerprint density at radius 2 is 1.26 bits per heavy atom. The number of ketones is 1. The number of Topliss-reactive ketones (excluding diaryl/α,β-unsaturated/α-hetero) is 1. The maximum atomic E-state index is 13.8. The summed E-state index contributed by atoms with van der Waals surface area (Å²) in [6, 6.07) is 9.25. The molecule has 2 saturated heterocycles. The molecule has 0 aromatic heterocycles. The van der Waals surface area contributed by atoms with E-state index in [1.54, 1.807) is 39.8 Å². The van der Waals surface area contributed by atoms with E-state index in [0.717, 1.165) is 0 Å². The van der Waals surface area contributed by atoms with E-state index in [1.807, 2.05) is 6.92 Å². The fourth-order valence-corrected chi connectivity index (χ4v) is 15.0. The molecule has 4 unspecified atom stereocenters. The van der Waals surface area contributed by atoms with Crippen molar-refractivity contribution < 1.29 is 73.5 Å². The molecule has 0 aliphatic carbocycles. The van der Waals surface area contributed by atoms with E-state index in [0.29, 0.717) is 53.2 Å². The van der Waals surface area contributed by atoms with Crippen molar-refractivity contribution in [2.24, 2.45) is 0 Å². The Morgan fingerprint density at radius 1 is 0.778 bits per heavy atom. The average Bonchev–Trinajstić information content (AvgIpc) is 3.84. The van der Waals surface area contributed by atoms with Gasteiger partial charge in [-0.1, -0.05) is 52.8 Å². The number of hydrogen-bond donors (Lipinski definition) is 5. The van der Waals surface area contributed by atoms with Crippen molar-refractivity contribution in [2.45, 2.75) is 87.2 Å². The zero-order chi connectivity index (χ0) is 52.3. The molecule has 72 heavy (non-hydrogen) atoms. The first kappa shape index (κ1) is 54.8. The van der Waals surface area contributed by atoms with Gasteiger partial charge in [0.15, 0.2) is 33.7 Å². The fourth-order valence-electron chi connectivity index (χ4n) is 8.90. The molecule has 5 N–H and O–H groups in total. The first-order chi connectivity index (χ1) is 33.9. The summed E-state index contributed by atoms with van der Waals surface area (Å²) in [5, 5.41) is 2.70. The molecule has 3 aromatic carbocycles. The van der Waals surface area contributed by atoms with Crippen molar-refractivity contribution in [3.8, 4) is 28.7 Å². The van der Waals surface area contributed by atoms with Gasteiger partial charge in [0.05, 0.1) is 55.4 Å². The van der Waals surface area contributed by atoms with Gasteiger partial charge in [0.25, 0.3) is 32.1 Å². The highest BCUT2D eigenvalue weighted by atomic mass is 33.1. The smallest absolute Gasteiger partial charge is 0.288 e. The van der Waals surface area contributed by atoms with E-state index in [9.17, 15) is 49.8 Å². The van der Waals surface area contributed by atoms with Crippen molar-refractivity contribution in [2.75, 3.05) is 62.6 Å². The maximum absolute atomic E-state index is 13.8. The maximum Gasteiger partial charge on any atom is 0.288 e. The van der Waals surface area contributed by atoms with Crippen molar-refractivity contribution >= 4 is 78.2 Å². The topological polar surface area (TPSA) is 274 Å². The number of carbonyl (C=O) groups excluding carboxylic acids is 3. The van der Waals surface area contributed by atoms with Crippen LogP contribution in [0.3, 0.4) is 0 Å². The third kappa shape index (κ3) is 13.2. The number of benzene rings is 3. The zero-order valence-corrected chi connectivity index (χ0v) is 44.3. The first-order valence-corrected chi connectivity index (χ1v) is 30.3. The molecule has 4 aliphatic heterocycles. The number of hydrogen-bond acceptors (Lipinski definition) is 17. The number of amides is 2. The predicted molar refractivity (Wildman–Crippen MR) is 275 cm³/mol. The van der Waals surface area contributed by atoms with E-state index in [2.05, 4.69) is 23.8 Å². The van der Waals surface area contributed by atoms with Gasteiger partial charge in [-0.05, 0) is 74.1 Å². The van der Waals surface area contributed by atoms with Crippen molar-refractivity contribution in [1.29, 1.82) is 0 Å². The molecule has 3 aromatic rings. The molecule has 6 atom stereocenters. The molecule has 392 valence electrons. The molecular weight excluding hydrogens is 1040 g/mol. The van der Waals surface area contributed by atoms with E-state index in [1.165, 1.54) is 55.2 Å². The lowest BCUT2D eigenvalue weighted by Crippen LogP contribution is -2.47. The van der Waals surface area contributed by atoms with Crippen molar-refractivity contribution in [3.63, 3.8) is 0 Å². The minimum atomic E-state index is -4.71. The van der Waals surface area contributed by atoms with Gasteiger partial charge in [-0.15, -0.1) is 0 Å². The highest BCUT2D eigenvalue weighted by Crippen LogP contribution is 2.45. The SMILES string of the molecule is C=C1C[C@H]2C(S(=O)(=O)O)Nc3cc(OCc4cc(COc5cc6c(cc5OC)C(=O)N5CC(=C)C[C@H]5C(S(=O)(=O)O)N6)cc(OCCCSSC(C)CCP(=O)(O)CCC(C)=O)c4)c(OC)cc3C(=O)N2C1. The summed E-state index contributed by atoms with van der Waals surface area (Å²) in [5.74, 6) is 0.714. The van der Waals surface area contributed by atoms with Crippen LogP contribution in [0.25, 0.3) is 0 Å². The van der Waals surface area contributed by atoms with Gasteiger partial charge in [0, 0.05) is 55.0 Å². The van der Waals surface area contributed by atoms with E-state index < -0.39 is 62.3 Å². The number of methoxy groups -OCH3 is 2. The molecule has 4 heterocycles. The number of carbonyl (C=O) groups is 3. The average molecular weight is 1100 g/mol. The lowest BCUT2D eigenvalue weighted by molar-refractivity contribution is -0.116. The molecule has 0 spiro atoms. The summed E-state index contributed by atoms with van der Waals surface area (Å²) < 4.78 is 114. The van der Waals surface area contributed by atoms with Gasteiger partial charge in [0.1, 0.15) is 24.7 Å². The van der Waals surface area contributed by atoms with E-state index in [4.69, 9.17) is 23.7 Å². The Morgan fingerprint density at radius 3 is 1.71 bits per heavy atom. The van der Waals surface area contributed by atoms with Gasteiger partial charge in [-0.25, -0.2) is 0 Å². The summed E-state index contributed by atoms with van der Waals surface area (Å²) in [6.45, 7) is 11.6. The number of ether oxygens (including phenoxy) is 5. The summed E-state index contributed by atoms with van der Waals surface area (Å²) in [7, 11) is -6.79. The summed E-state index contributed by atoms with van der Waals surface area (Å²) >= 11 is 0. The molecular formula is C47H59N4O16PS4. The minimum Gasteiger partial charge on any atom is -0.494 e. The Labute approximate surface area is 426 Å². The summed E-state index contributed by atoms with van der Waals surface area (Å²) in [4.78, 5) is 51.9.